The lowest BCUT2D eigenvalue weighted by molar-refractivity contribution is -0.137. The van der Waals surface area contributed by atoms with Crippen LogP contribution < -0.4 is 15.4 Å². The fourth-order valence-electron chi connectivity index (χ4n) is 3.92. The number of allylic oxidation sites excluding steroid dienone is 1. The van der Waals surface area contributed by atoms with Crippen LogP contribution in [0.2, 0.25) is 0 Å². The molecule has 2 N–H and O–H groups in total. The Hall–Kier alpha value is -3.29. The zero-order valence-corrected chi connectivity index (χ0v) is 17.7. The van der Waals surface area contributed by atoms with E-state index in [1.165, 1.54) is 12.1 Å². The molecule has 0 bridgehead atoms. The number of alkyl halides is 3. The summed E-state index contributed by atoms with van der Waals surface area (Å²) >= 11 is 0. The lowest BCUT2D eigenvalue weighted by atomic mass is 9.81. The van der Waals surface area contributed by atoms with E-state index in [9.17, 15) is 22.8 Å². The fraction of sp³-hybridized carbons (Fsp3) is 0.333. The molecular formula is C24H23F3N2O3. The Morgan fingerprint density at radius 2 is 1.97 bits per heavy atom. The van der Waals surface area contributed by atoms with Crippen LogP contribution in [0.3, 0.4) is 0 Å². The molecule has 0 radical (unpaired) electrons. The molecule has 2 aliphatic heterocycles. The molecule has 8 heteroatoms. The Balaban J connectivity index is 1.56. The Kier molecular flexibility index (Phi) is 5.48. The van der Waals surface area contributed by atoms with Crippen LogP contribution in [0, 0.1) is 5.41 Å². The van der Waals surface area contributed by atoms with Crippen molar-refractivity contribution in [2.24, 2.45) is 5.41 Å². The first-order chi connectivity index (χ1) is 15.0. The summed E-state index contributed by atoms with van der Waals surface area (Å²) < 4.78 is 44.6. The van der Waals surface area contributed by atoms with Crippen molar-refractivity contribution >= 4 is 28.8 Å². The zero-order valence-electron chi connectivity index (χ0n) is 17.7. The minimum Gasteiger partial charge on any atom is -0.493 e. The van der Waals surface area contributed by atoms with Crippen LogP contribution in [0.4, 0.5) is 24.5 Å². The van der Waals surface area contributed by atoms with Crippen LogP contribution in [0.15, 0.2) is 42.5 Å². The van der Waals surface area contributed by atoms with E-state index in [2.05, 4.69) is 10.6 Å². The largest absolute Gasteiger partial charge is 0.493 e. The molecule has 4 rings (SSSR count). The van der Waals surface area contributed by atoms with Gasteiger partial charge in [0.2, 0.25) is 11.8 Å². The average molecular weight is 444 g/mol. The molecule has 0 spiro atoms. The van der Waals surface area contributed by atoms with Crippen molar-refractivity contribution in [2.75, 3.05) is 17.2 Å². The normalized spacial score (nSPS) is 18.7. The van der Waals surface area contributed by atoms with Gasteiger partial charge in [0.1, 0.15) is 5.75 Å². The number of halogens is 3. The molecule has 5 nitrogen and oxygen atoms in total. The molecule has 168 valence electrons. The second-order valence-electron chi connectivity index (χ2n) is 8.71. The van der Waals surface area contributed by atoms with Crippen molar-refractivity contribution in [1.82, 2.24) is 0 Å². The molecule has 2 aromatic carbocycles. The number of hydrogen-bond donors (Lipinski definition) is 2. The number of benzene rings is 2. The summed E-state index contributed by atoms with van der Waals surface area (Å²) in [5.74, 6) is -0.366. The smallest absolute Gasteiger partial charge is 0.416 e. The summed E-state index contributed by atoms with van der Waals surface area (Å²) in [6.07, 6.45) is -1.40. The van der Waals surface area contributed by atoms with Gasteiger partial charge in [0.05, 0.1) is 12.2 Å². The molecule has 2 aromatic rings. The topological polar surface area (TPSA) is 67.4 Å². The van der Waals surface area contributed by atoms with Gasteiger partial charge in [-0.3, -0.25) is 9.59 Å². The van der Waals surface area contributed by atoms with Crippen molar-refractivity contribution in [2.45, 2.75) is 39.3 Å². The predicted molar refractivity (Wildman–Crippen MR) is 115 cm³/mol. The van der Waals surface area contributed by atoms with E-state index in [1.807, 2.05) is 19.9 Å². The number of anilines is 2. The van der Waals surface area contributed by atoms with Crippen LogP contribution in [0.5, 0.6) is 5.75 Å². The van der Waals surface area contributed by atoms with E-state index < -0.39 is 23.1 Å². The Morgan fingerprint density at radius 3 is 2.72 bits per heavy atom. The van der Waals surface area contributed by atoms with Gasteiger partial charge in [-0.25, -0.2) is 0 Å². The number of nitrogens with one attached hydrogen (secondary N) is 2. The molecule has 2 aliphatic rings. The van der Waals surface area contributed by atoms with Crippen LogP contribution in [-0.2, 0) is 22.2 Å². The quantitative estimate of drug-likeness (QED) is 0.608. The van der Waals surface area contributed by atoms with Gasteiger partial charge < -0.3 is 15.4 Å². The van der Waals surface area contributed by atoms with E-state index in [1.54, 1.807) is 12.1 Å². The molecule has 0 saturated carbocycles. The van der Waals surface area contributed by atoms with Crippen molar-refractivity contribution in [3.05, 3.63) is 59.2 Å². The van der Waals surface area contributed by atoms with Crippen molar-refractivity contribution < 1.29 is 27.5 Å². The first-order valence-corrected chi connectivity index (χ1v) is 10.3. The number of carbonyl (C=O) groups is 2. The van der Waals surface area contributed by atoms with Crippen molar-refractivity contribution in [1.29, 1.82) is 0 Å². The first kappa shape index (κ1) is 21.9. The number of ether oxygens (including phenoxy) is 1. The maximum atomic E-state index is 13.0. The van der Waals surface area contributed by atoms with Gasteiger partial charge in [-0.2, -0.15) is 13.2 Å². The lowest BCUT2D eigenvalue weighted by Gasteiger charge is -2.30. The summed E-state index contributed by atoms with van der Waals surface area (Å²) in [4.78, 5) is 24.9. The minimum atomic E-state index is -4.47. The highest BCUT2D eigenvalue weighted by molar-refractivity contribution is 6.05. The molecule has 2 heterocycles. The van der Waals surface area contributed by atoms with E-state index in [-0.39, 0.29) is 18.3 Å². The maximum Gasteiger partial charge on any atom is 0.416 e. The second kappa shape index (κ2) is 8.00. The van der Waals surface area contributed by atoms with E-state index in [0.717, 1.165) is 17.7 Å². The molecule has 0 aromatic heterocycles. The van der Waals surface area contributed by atoms with Gasteiger partial charge >= 0.3 is 6.18 Å². The van der Waals surface area contributed by atoms with E-state index in [0.29, 0.717) is 41.8 Å². The zero-order chi connectivity index (χ0) is 23.1. The van der Waals surface area contributed by atoms with Gasteiger partial charge in [0.25, 0.3) is 0 Å². The molecule has 32 heavy (non-hydrogen) atoms. The lowest BCUT2D eigenvalue weighted by Crippen LogP contribution is -2.37. The number of amides is 2. The SMILES string of the molecule is CC1(C)Cc2ccc(NC(=O)C=C3CCCOc4cc(C(F)(F)F)ccc43)cc2NC1=O. The summed E-state index contributed by atoms with van der Waals surface area (Å²) in [6.45, 7) is 4.02. The second-order valence-corrected chi connectivity index (χ2v) is 8.71. The van der Waals surface area contributed by atoms with Crippen molar-refractivity contribution in [3.63, 3.8) is 0 Å². The highest BCUT2D eigenvalue weighted by Gasteiger charge is 2.34. The molecule has 0 atom stereocenters. The van der Waals surface area contributed by atoms with Crippen LogP contribution in [0.1, 0.15) is 43.4 Å². The Morgan fingerprint density at radius 1 is 1.19 bits per heavy atom. The standard InChI is InChI=1S/C24H23F3N2O3/c1-23(2)13-15-5-7-17(12-19(15)29-22(23)31)28-21(30)10-14-4-3-9-32-20-11-16(24(25,26)27)6-8-18(14)20/h5-8,10-12H,3-4,9,13H2,1-2H3,(H,28,30)(H,29,31). The van der Waals surface area contributed by atoms with Crippen LogP contribution in [-0.4, -0.2) is 18.4 Å². The molecule has 0 saturated heterocycles. The average Bonchev–Trinajstić information content (AvgIpc) is 2.90. The molecule has 0 aliphatic carbocycles. The monoisotopic (exact) mass is 444 g/mol. The van der Waals surface area contributed by atoms with Gasteiger partial charge in [0.15, 0.2) is 0 Å². The van der Waals surface area contributed by atoms with E-state index in [4.69, 9.17) is 4.74 Å². The highest BCUT2D eigenvalue weighted by atomic mass is 19.4. The van der Waals surface area contributed by atoms with Gasteiger partial charge in [0, 0.05) is 28.4 Å². The van der Waals surface area contributed by atoms with Gasteiger partial charge in [-0.05, 0) is 54.7 Å². The molecule has 0 fully saturated rings. The molecular weight excluding hydrogens is 421 g/mol. The van der Waals surface area contributed by atoms with Crippen molar-refractivity contribution in [3.8, 4) is 5.75 Å². The maximum absolute atomic E-state index is 13.0. The Bertz CT molecular complexity index is 1120. The molecule has 0 unspecified atom stereocenters. The summed E-state index contributed by atoms with van der Waals surface area (Å²) in [6, 6.07) is 8.65. The van der Waals surface area contributed by atoms with Crippen LogP contribution in [0.25, 0.3) is 5.57 Å². The highest BCUT2D eigenvalue weighted by Crippen LogP contribution is 2.38. The third-order valence-corrected chi connectivity index (χ3v) is 5.68. The third-order valence-electron chi connectivity index (χ3n) is 5.68. The predicted octanol–water partition coefficient (Wildman–Crippen LogP) is 5.42. The fourth-order valence-corrected chi connectivity index (χ4v) is 3.92. The number of rotatable bonds is 2. The number of hydrogen-bond acceptors (Lipinski definition) is 3. The summed E-state index contributed by atoms with van der Waals surface area (Å²) in [5.41, 5.74) is 1.96. The van der Waals surface area contributed by atoms with Crippen LogP contribution >= 0.6 is 0 Å². The number of carbonyl (C=O) groups excluding carboxylic acids is 2. The number of fused-ring (bicyclic) bond motifs is 2. The van der Waals surface area contributed by atoms with Gasteiger partial charge in [-0.1, -0.05) is 26.0 Å². The van der Waals surface area contributed by atoms with Gasteiger partial charge in [-0.15, -0.1) is 0 Å². The summed E-state index contributed by atoms with van der Waals surface area (Å²) in [5, 5.41) is 5.64. The Labute approximate surface area is 183 Å². The third kappa shape index (κ3) is 4.49. The molecule has 2 amide bonds. The summed E-state index contributed by atoms with van der Waals surface area (Å²) in [7, 11) is 0. The minimum absolute atomic E-state index is 0.0797. The first-order valence-electron chi connectivity index (χ1n) is 10.3. The van der Waals surface area contributed by atoms with E-state index >= 15 is 0 Å².